The van der Waals surface area contributed by atoms with E-state index >= 15 is 0 Å². The van der Waals surface area contributed by atoms with Crippen LogP contribution in [0.15, 0.2) is 22.7 Å². The summed E-state index contributed by atoms with van der Waals surface area (Å²) in [5, 5.41) is 3.42. The highest BCUT2D eigenvalue weighted by Gasteiger charge is 2.23. The molecule has 1 aromatic rings. The maximum Gasteiger partial charge on any atom is 0.0678 e. The molecule has 0 aliphatic carbocycles. The Morgan fingerprint density at radius 2 is 2.35 bits per heavy atom. The molecule has 0 amide bonds. The number of hydrogen-bond acceptors (Lipinski definition) is 3. The first kappa shape index (κ1) is 12.9. The fourth-order valence-electron chi connectivity index (χ4n) is 2.36. The largest absolute Gasteiger partial charge is 0.383 e. The Labute approximate surface area is 111 Å². The fraction of sp³-hybridized carbons (Fsp3) is 0.538. The first-order chi connectivity index (χ1) is 8.22. The van der Waals surface area contributed by atoms with Gasteiger partial charge in [-0.25, -0.2) is 0 Å². The first-order valence-corrected chi connectivity index (χ1v) is 6.74. The first-order valence-electron chi connectivity index (χ1n) is 5.95. The van der Waals surface area contributed by atoms with Gasteiger partial charge in [-0.2, -0.15) is 0 Å². The summed E-state index contributed by atoms with van der Waals surface area (Å²) in [4.78, 5) is 2.45. The molecule has 4 heteroatoms. The van der Waals surface area contributed by atoms with Crippen molar-refractivity contribution in [2.45, 2.75) is 13.0 Å². The lowest BCUT2D eigenvalue weighted by Gasteiger charge is -2.38. The number of rotatable bonds is 3. The van der Waals surface area contributed by atoms with E-state index in [1.54, 1.807) is 7.11 Å². The van der Waals surface area contributed by atoms with Gasteiger partial charge in [0.15, 0.2) is 0 Å². The molecule has 3 nitrogen and oxygen atoms in total. The number of anilines is 1. The summed E-state index contributed by atoms with van der Waals surface area (Å²) in [6, 6.07) is 6.89. The summed E-state index contributed by atoms with van der Waals surface area (Å²) in [6.07, 6.45) is 0. The van der Waals surface area contributed by atoms with Gasteiger partial charge in [0.25, 0.3) is 0 Å². The van der Waals surface area contributed by atoms with Gasteiger partial charge < -0.3 is 15.0 Å². The van der Waals surface area contributed by atoms with Crippen LogP contribution < -0.4 is 10.2 Å². The molecule has 17 heavy (non-hydrogen) atoms. The number of halogens is 1. The maximum absolute atomic E-state index is 5.31. The Hall–Kier alpha value is -0.580. The Balaban J connectivity index is 2.23. The Morgan fingerprint density at radius 3 is 3.06 bits per heavy atom. The Morgan fingerprint density at radius 1 is 1.53 bits per heavy atom. The van der Waals surface area contributed by atoms with E-state index in [4.69, 9.17) is 4.74 Å². The minimum Gasteiger partial charge on any atom is -0.383 e. The molecule has 94 valence electrons. The van der Waals surface area contributed by atoms with Crippen molar-refractivity contribution in [2.24, 2.45) is 0 Å². The molecule has 1 N–H and O–H groups in total. The van der Waals surface area contributed by atoms with Crippen LogP contribution in [0.1, 0.15) is 5.56 Å². The zero-order chi connectivity index (χ0) is 12.3. The monoisotopic (exact) mass is 298 g/mol. The number of benzene rings is 1. The summed E-state index contributed by atoms with van der Waals surface area (Å²) >= 11 is 3.51. The number of nitrogens with zero attached hydrogens (tertiary/aromatic N) is 1. The smallest absolute Gasteiger partial charge is 0.0678 e. The summed E-state index contributed by atoms with van der Waals surface area (Å²) in [5.41, 5.74) is 2.62. The maximum atomic E-state index is 5.31. The second-order valence-electron chi connectivity index (χ2n) is 4.44. The molecule has 0 radical (unpaired) electrons. The minimum atomic E-state index is 0.425. The lowest BCUT2D eigenvalue weighted by molar-refractivity contribution is 0.170. The SMILES string of the molecule is COCC1CNCCN1c1ccc(Br)cc1C. The van der Waals surface area contributed by atoms with Crippen LogP contribution in [0.3, 0.4) is 0 Å². The summed E-state index contributed by atoms with van der Waals surface area (Å²) in [7, 11) is 1.77. The van der Waals surface area contributed by atoms with Gasteiger partial charge in [-0.1, -0.05) is 15.9 Å². The normalized spacial score (nSPS) is 20.6. The van der Waals surface area contributed by atoms with Crippen molar-refractivity contribution in [2.75, 3.05) is 38.3 Å². The molecule has 0 saturated carbocycles. The molecule has 1 unspecified atom stereocenters. The van der Waals surface area contributed by atoms with Gasteiger partial charge in [-0.3, -0.25) is 0 Å². The molecule has 1 fully saturated rings. The van der Waals surface area contributed by atoms with E-state index in [1.807, 2.05) is 0 Å². The Bertz CT molecular complexity index is 382. The van der Waals surface area contributed by atoms with E-state index in [2.05, 4.69) is 51.3 Å². The van der Waals surface area contributed by atoms with Crippen molar-refractivity contribution < 1.29 is 4.74 Å². The van der Waals surface area contributed by atoms with Gasteiger partial charge in [0.05, 0.1) is 12.6 Å². The molecule has 0 aromatic heterocycles. The van der Waals surface area contributed by atoms with Gasteiger partial charge in [-0.05, 0) is 30.7 Å². The molecule has 0 spiro atoms. The van der Waals surface area contributed by atoms with Crippen molar-refractivity contribution in [3.8, 4) is 0 Å². The number of piperazine rings is 1. The third-order valence-corrected chi connectivity index (χ3v) is 3.67. The molecule has 1 aliphatic heterocycles. The van der Waals surface area contributed by atoms with Gasteiger partial charge in [0.1, 0.15) is 0 Å². The number of ether oxygens (including phenoxy) is 1. The summed E-state index contributed by atoms with van der Waals surface area (Å²) < 4.78 is 6.44. The molecule has 1 aromatic carbocycles. The molecule has 1 atom stereocenters. The third kappa shape index (κ3) is 3.00. The van der Waals surface area contributed by atoms with Crippen molar-refractivity contribution in [3.05, 3.63) is 28.2 Å². The molecule has 1 saturated heterocycles. The van der Waals surface area contributed by atoms with E-state index in [1.165, 1.54) is 11.3 Å². The van der Waals surface area contributed by atoms with Crippen LogP contribution in [0.25, 0.3) is 0 Å². The van der Waals surface area contributed by atoms with Gasteiger partial charge in [0, 0.05) is 36.9 Å². The van der Waals surface area contributed by atoms with Crippen molar-refractivity contribution >= 4 is 21.6 Å². The number of nitrogens with one attached hydrogen (secondary N) is 1. The lowest BCUT2D eigenvalue weighted by atomic mass is 10.1. The van der Waals surface area contributed by atoms with E-state index < -0.39 is 0 Å². The van der Waals surface area contributed by atoms with E-state index in [0.29, 0.717) is 6.04 Å². The van der Waals surface area contributed by atoms with Gasteiger partial charge >= 0.3 is 0 Å². The second kappa shape index (κ2) is 5.85. The molecule has 2 rings (SSSR count). The molecule has 1 aliphatic rings. The standard InChI is InChI=1S/C13H19BrN2O/c1-10-7-11(14)3-4-13(10)16-6-5-15-8-12(16)9-17-2/h3-4,7,12,15H,5-6,8-9H2,1-2H3. The van der Waals surface area contributed by atoms with Crippen molar-refractivity contribution in [3.63, 3.8) is 0 Å². The quantitative estimate of drug-likeness (QED) is 0.926. The second-order valence-corrected chi connectivity index (χ2v) is 5.35. The van der Waals surface area contributed by atoms with Gasteiger partial charge in [-0.15, -0.1) is 0 Å². The van der Waals surface area contributed by atoms with Crippen LogP contribution in [0, 0.1) is 6.92 Å². The van der Waals surface area contributed by atoms with Crippen LogP contribution in [0.2, 0.25) is 0 Å². The number of methoxy groups -OCH3 is 1. The average Bonchev–Trinajstić information content (AvgIpc) is 2.31. The zero-order valence-electron chi connectivity index (χ0n) is 10.4. The van der Waals surface area contributed by atoms with Crippen molar-refractivity contribution in [1.82, 2.24) is 5.32 Å². The fourth-order valence-corrected chi connectivity index (χ4v) is 2.84. The van der Waals surface area contributed by atoms with Crippen LogP contribution in [-0.2, 0) is 4.74 Å². The number of aryl methyl sites for hydroxylation is 1. The topological polar surface area (TPSA) is 24.5 Å². The molecular weight excluding hydrogens is 280 g/mol. The highest BCUT2D eigenvalue weighted by molar-refractivity contribution is 9.10. The summed E-state index contributed by atoms with van der Waals surface area (Å²) in [5.74, 6) is 0. The molecular formula is C13H19BrN2O. The summed E-state index contributed by atoms with van der Waals surface area (Å²) in [6.45, 7) is 5.99. The Kier molecular flexibility index (Phi) is 4.42. The molecule has 1 heterocycles. The van der Waals surface area contributed by atoms with Gasteiger partial charge in [0.2, 0.25) is 0 Å². The van der Waals surface area contributed by atoms with Crippen LogP contribution >= 0.6 is 15.9 Å². The highest BCUT2D eigenvalue weighted by atomic mass is 79.9. The molecule has 0 bridgehead atoms. The highest BCUT2D eigenvalue weighted by Crippen LogP contribution is 2.26. The average molecular weight is 299 g/mol. The van der Waals surface area contributed by atoms with Crippen LogP contribution in [-0.4, -0.2) is 39.4 Å². The van der Waals surface area contributed by atoms with E-state index in [-0.39, 0.29) is 0 Å². The van der Waals surface area contributed by atoms with E-state index in [0.717, 1.165) is 30.7 Å². The predicted octanol–water partition coefficient (Wildman–Crippen LogP) is 2.18. The van der Waals surface area contributed by atoms with Crippen LogP contribution in [0.4, 0.5) is 5.69 Å². The van der Waals surface area contributed by atoms with Crippen molar-refractivity contribution in [1.29, 1.82) is 0 Å². The lowest BCUT2D eigenvalue weighted by Crippen LogP contribution is -2.53. The van der Waals surface area contributed by atoms with E-state index in [9.17, 15) is 0 Å². The zero-order valence-corrected chi connectivity index (χ0v) is 12.0. The number of hydrogen-bond donors (Lipinski definition) is 1. The van der Waals surface area contributed by atoms with Crippen LogP contribution in [0.5, 0.6) is 0 Å². The predicted molar refractivity (Wildman–Crippen MR) is 74.8 cm³/mol. The minimum absolute atomic E-state index is 0.425. The third-order valence-electron chi connectivity index (χ3n) is 3.18.